The molecule has 8 N–H and O–H groups in total. The lowest BCUT2D eigenvalue weighted by molar-refractivity contribution is -0.362. The monoisotopic (exact) mass is 876 g/mol. The molecule has 0 aromatic rings. The Morgan fingerprint density at radius 3 is 2.22 bits per heavy atom. The van der Waals surface area contributed by atoms with E-state index in [-0.39, 0.29) is 31.1 Å². The van der Waals surface area contributed by atoms with Crippen LogP contribution in [0.25, 0.3) is 0 Å². The second kappa shape index (κ2) is 14.9. The molecule has 342 valence electrons. The van der Waals surface area contributed by atoms with E-state index in [4.69, 9.17) is 23.7 Å². The first-order valence-corrected chi connectivity index (χ1v) is 22.4. The highest BCUT2D eigenvalue weighted by molar-refractivity contribution is 7.80. The van der Waals surface area contributed by atoms with Gasteiger partial charge in [0.05, 0.1) is 30.5 Å². The number of ether oxygens (including phenoxy) is 5. The quantitative estimate of drug-likeness (QED) is 0.0645. The summed E-state index contributed by atoms with van der Waals surface area (Å²) < 4.78 is 67.4. The van der Waals surface area contributed by atoms with Gasteiger partial charge in [0.15, 0.2) is 24.0 Å². The Hall–Kier alpha value is -1.69. The van der Waals surface area contributed by atoms with E-state index in [1.165, 1.54) is 13.8 Å². The molecule has 0 aromatic carbocycles. The molecule has 18 unspecified atom stereocenters. The first-order valence-electron chi connectivity index (χ1n) is 21.1. The summed E-state index contributed by atoms with van der Waals surface area (Å²) in [6, 6.07) is 0. The number of aliphatic hydroxyl groups is 7. The molecule has 3 heterocycles. The molecule has 4 aliphatic carbocycles. The van der Waals surface area contributed by atoms with Crippen LogP contribution < -0.4 is 0 Å². The summed E-state index contributed by atoms with van der Waals surface area (Å²) >= 11 is 0. The van der Waals surface area contributed by atoms with Gasteiger partial charge in [-0.25, -0.2) is 4.18 Å². The number of allylic oxidation sites excluding steroid dienone is 1. The summed E-state index contributed by atoms with van der Waals surface area (Å²) in [6.45, 7) is 13.6. The molecule has 60 heavy (non-hydrogen) atoms. The van der Waals surface area contributed by atoms with Crippen LogP contribution in [-0.2, 0) is 47.9 Å². The minimum absolute atomic E-state index is 0.0458. The van der Waals surface area contributed by atoms with Crippen molar-refractivity contribution in [3.63, 3.8) is 0 Å². The maximum Gasteiger partial charge on any atom is 0.397 e. The van der Waals surface area contributed by atoms with E-state index in [9.17, 15) is 58.3 Å². The van der Waals surface area contributed by atoms with E-state index >= 15 is 0 Å². The fourth-order valence-electron chi connectivity index (χ4n) is 12.9. The van der Waals surface area contributed by atoms with E-state index in [0.29, 0.717) is 32.1 Å². The van der Waals surface area contributed by atoms with Crippen LogP contribution in [0.4, 0.5) is 0 Å². The summed E-state index contributed by atoms with van der Waals surface area (Å²) in [6.07, 6.45) is -11.9. The second-order valence-corrected chi connectivity index (χ2v) is 21.5. The minimum atomic E-state index is -5.06. The third-order valence-electron chi connectivity index (χ3n) is 16.3. The van der Waals surface area contributed by atoms with Crippen molar-refractivity contribution in [3.05, 3.63) is 11.6 Å². The number of fused-ring (bicyclic) bond motifs is 4. The van der Waals surface area contributed by atoms with Crippen molar-refractivity contribution in [1.29, 1.82) is 0 Å². The van der Waals surface area contributed by atoms with Crippen molar-refractivity contribution in [2.24, 2.45) is 33.5 Å². The number of Topliss-reactive ketones (excluding diaryl/α,β-unsaturated/α-hetero) is 1. The van der Waals surface area contributed by atoms with Gasteiger partial charge in [-0.1, -0.05) is 39.3 Å². The van der Waals surface area contributed by atoms with Gasteiger partial charge in [-0.3, -0.25) is 14.1 Å². The summed E-state index contributed by atoms with van der Waals surface area (Å²) in [7, 11) is -5.06. The zero-order valence-corrected chi connectivity index (χ0v) is 36.3. The number of ketones is 1. The van der Waals surface area contributed by atoms with Crippen LogP contribution in [0, 0.1) is 33.5 Å². The van der Waals surface area contributed by atoms with E-state index in [0.717, 1.165) is 5.57 Å². The summed E-state index contributed by atoms with van der Waals surface area (Å²) in [4.78, 5) is 28.2. The number of hydrogen-bond donors (Lipinski definition) is 8. The molecule has 0 aromatic heterocycles. The first-order chi connectivity index (χ1) is 27.5. The molecule has 0 amide bonds. The highest BCUT2D eigenvalue weighted by Gasteiger charge is 2.87. The number of rotatable bonds is 10. The van der Waals surface area contributed by atoms with Crippen LogP contribution in [0.2, 0.25) is 0 Å². The fraction of sp³-hybridized carbons (Fsp3) is 0.902. The lowest BCUT2D eigenvalue weighted by Crippen LogP contribution is -2.69. The fourth-order valence-corrected chi connectivity index (χ4v) is 13.4. The van der Waals surface area contributed by atoms with Gasteiger partial charge in [0.1, 0.15) is 47.6 Å². The predicted octanol–water partition coefficient (Wildman–Crippen LogP) is 0.596. The van der Waals surface area contributed by atoms with E-state index < -0.39 is 135 Å². The van der Waals surface area contributed by atoms with Gasteiger partial charge in [0.25, 0.3) is 0 Å². The predicted molar refractivity (Wildman–Crippen MR) is 205 cm³/mol. The van der Waals surface area contributed by atoms with Crippen LogP contribution >= 0.6 is 0 Å². The Labute approximate surface area is 350 Å². The Bertz CT molecular complexity index is 1850. The lowest BCUT2D eigenvalue weighted by Gasteiger charge is -2.64. The van der Waals surface area contributed by atoms with Crippen LogP contribution in [0.5, 0.6) is 0 Å². The van der Waals surface area contributed by atoms with Gasteiger partial charge >= 0.3 is 16.4 Å². The minimum Gasteiger partial charge on any atom is -0.448 e. The number of hydrogen-bond acceptors (Lipinski definition) is 17. The van der Waals surface area contributed by atoms with Crippen molar-refractivity contribution in [3.8, 4) is 0 Å². The Kier molecular flexibility index (Phi) is 11.5. The summed E-state index contributed by atoms with van der Waals surface area (Å²) in [5.74, 6) is -1.68. The number of carbonyl (C=O) groups is 2. The molecule has 1 spiro atoms. The zero-order chi connectivity index (χ0) is 44.6. The molecule has 0 bridgehead atoms. The van der Waals surface area contributed by atoms with Gasteiger partial charge in [-0.2, -0.15) is 8.42 Å². The number of aliphatic hydroxyl groups excluding tert-OH is 5. The van der Waals surface area contributed by atoms with E-state index in [1.807, 2.05) is 20.8 Å². The van der Waals surface area contributed by atoms with Crippen LogP contribution in [-0.4, -0.2) is 151 Å². The molecule has 0 radical (unpaired) electrons. The molecule has 3 aliphatic heterocycles. The van der Waals surface area contributed by atoms with Gasteiger partial charge in [-0.05, 0) is 101 Å². The molecule has 7 aliphatic rings. The van der Waals surface area contributed by atoms with Crippen molar-refractivity contribution in [1.82, 2.24) is 0 Å². The SMILES string of the molecule is CC1OC(OC2C(OC3CCC4(C)C5=CC(O)C67C(=O)OC(C)(C(=O)CCC(C)(C)O)C6(O)CCC7(C)C5CCC4C3(C)C)OCC(OS(=O)(=O)O)C2O)C(O)C(O)C1O. The molecule has 18 nitrogen and oxygen atoms in total. The molecule has 7 rings (SSSR count). The van der Waals surface area contributed by atoms with Crippen LogP contribution in [0.3, 0.4) is 0 Å². The standard InChI is InChI=1S/C41H64O18S/c1-19-27(44)29(46)30(47)32(55-19)57-31-28(45)22(59-60(51,52)53)18-54-33(31)56-26-12-14-37(6)21-17-25(43)41-34(48)58-39(8,24(42)11-13-35(2,3)49)40(41,50)16-15-38(41,7)20(21)9-10-23(37)36(26,4)5/h17,19-20,22-23,25-33,43-47,49-50H,9-16,18H2,1-8H3,(H,51,52,53). The van der Waals surface area contributed by atoms with Crippen molar-refractivity contribution >= 4 is 22.2 Å². The molecule has 19 heteroatoms. The number of cyclic esters (lactones) is 1. The average molecular weight is 877 g/mol. The molecule has 6 fully saturated rings. The zero-order valence-electron chi connectivity index (χ0n) is 35.5. The van der Waals surface area contributed by atoms with Crippen LogP contribution in [0.15, 0.2) is 11.6 Å². The molecule has 3 saturated heterocycles. The maximum atomic E-state index is 14.3. The molecule has 18 atom stereocenters. The molecular weight excluding hydrogens is 813 g/mol. The third-order valence-corrected chi connectivity index (χ3v) is 16.8. The smallest absolute Gasteiger partial charge is 0.397 e. The van der Waals surface area contributed by atoms with Gasteiger partial charge in [-0.15, -0.1) is 0 Å². The summed E-state index contributed by atoms with van der Waals surface area (Å²) in [5.41, 5.74) is -8.17. The highest BCUT2D eigenvalue weighted by atomic mass is 32.3. The maximum absolute atomic E-state index is 14.3. The van der Waals surface area contributed by atoms with E-state index in [2.05, 4.69) is 11.1 Å². The number of carbonyl (C=O) groups excluding carboxylic acids is 2. The van der Waals surface area contributed by atoms with Gasteiger partial charge < -0.3 is 59.4 Å². The molecule has 3 saturated carbocycles. The third kappa shape index (κ3) is 6.70. The normalized spacial score (nSPS) is 50.2. The first kappa shape index (κ1) is 46.3. The van der Waals surface area contributed by atoms with Crippen molar-refractivity contribution in [2.45, 2.75) is 191 Å². The Balaban J connectivity index is 1.16. The van der Waals surface area contributed by atoms with E-state index in [1.54, 1.807) is 19.9 Å². The average Bonchev–Trinajstić information content (AvgIpc) is 3.51. The Morgan fingerprint density at radius 1 is 0.917 bits per heavy atom. The van der Waals surface area contributed by atoms with Crippen molar-refractivity contribution in [2.75, 3.05) is 6.61 Å². The topological polar surface area (TPSA) is 286 Å². The Morgan fingerprint density at radius 2 is 1.58 bits per heavy atom. The summed E-state index contributed by atoms with van der Waals surface area (Å²) in [5, 5.41) is 78.1. The highest BCUT2D eigenvalue weighted by Crippen LogP contribution is 2.77. The molecular formula is C41H64O18S. The largest absolute Gasteiger partial charge is 0.448 e. The van der Waals surface area contributed by atoms with Gasteiger partial charge in [0, 0.05) is 6.42 Å². The number of esters is 1. The van der Waals surface area contributed by atoms with Gasteiger partial charge in [0.2, 0.25) is 0 Å². The second-order valence-electron chi connectivity index (χ2n) is 20.4. The lowest BCUT2D eigenvalue weighted by atomic mass is 9.40. The van der Waals surface area contributed by atoms with Crippen LogP contribution in [0.1, 0.15) is 107 Å². The van der Waals surface area contributed by atoms with Crippen molar-refractivity contribution < 1.29 is 86.2 Å².